The Morgan fingerprint density at radius 2 is 1.38 bits per heavy atom. The van der Waals surface area contributed by atoms with Gasteiger partial charge in [0, 0.05) is 72.7 Å². The van der Waals surface area contributed by atoms with Gasteiger partial charge in [-0.05, 0) is 96.4 Å². The van der Waals surface area contributed by atoms with Gasteiger partial charge in [0.2, 0.25) is 29.5 Å². The number of aromatic nitrogens is 1. The van der Waals surface area contributed by atoms with E-state index in [1.165, 1.54) is 4.90 Å². The number of ketones is 1. The van der Waals surface area contributed by atoms with Crippen molar-refractivity contribution in [3.05, 3.63) is 172 Å². The fourth-order valence-corrected chi connectivity index (χ4v) is 11.4. The topological polar surface area (TPSA) is 255 Å². The van der Waals surface area contributed by atoms with Crippen LogP contribution in [0, 0.1) is 11.8 Å². The number of carbonyl (C=O) groups excluding carboxylic acids is 7. The van der Waals surface area contributed by atoms with Crippen LogP contribution in [0.5, 0.6) is 5.75 Å². The average Bonchev–Trinajstić information content (AvgIpc) is 4.13. The van der Waals surface area contributed by atoms with E-state index in [1.54, 1.807) is 60.8 Å². The lowest BCUT2D eigenvalue weighted by molar-refractivity contribution is -0.143. The third-order valence-electron chi connectivity index (χ3n) is 15.1. The van der Waals surface area contributed by atoms with Crippen LogP contribution in [0.3, 0.4) is 0 Å². The fraction of sp³-hybridized carbons (Fsp3) is 0.361. The Morgan fingerprint density at radius 1 is 0.688 bits per heavy atom. The van der Waals surface area contributed by atoms with Gasteiger partial charge in [-0.1, -0.05) is 119 Å². The largest absolute Gasteiger partial charge is 0.489 e. The summed E-state index contributed by atoms with van der Waals surface area (Å²) in [6.45, 7) is 1.79. The number of alkyl carbamates (subject to hydrolysis) is 1. The Labute approximate surface area is 473 Å². The molecule has 6 aromatic rings. The number of hydrogen-bond donors (Lipinski definition) is 8. The van der Waals surface area contributed by atoms with Gasteiger partial charge in [-0.25, -0.2) is 4.79 Å². The second-order valence-electron chi connectivity index (χ2n) is 20.8. The predicted molar refractivity (Wildman–Crippen MR) is 305 cm³/mol. The van der Waals surface area contributed by atoms with Crippen LogP contribution in [-0.2, 0) is 59.4 Å². The molecule has 418 valence electrons. The predicted octanol–water partition coefficient (Wildman–Crippen LogP) is 5.48. The van der Waals surface area contributed by atoms with E-state index < -0.39 is 83.6 Å². The number of carbonyl (C=O) groups is 7. The van der Waals surface area contributed by atoms with E-state index in [2.05, 4.69) is 52.8 Å². The van der Waals surface area contributed by atoms with Crippen molar-refractivity contribution in [1.82, 2.24) is 41.8 Å². The fourth-order valence-electron chi connectivity index (χ4n) is 10.9. The molecule has 18 nitrogen and oxygen atoms in total. The molecule has 0 unspecified atom stereocenters. The van der Waals surface area contributed by atoms with Gasteiger partial charge in [0.05, 0.1) is 12.6 Å². The molecule has 3 saturated heterocycles. The molecule has 5 aromatic carbocycles. The first-order valence-electron chi connectivity index (χ1n) is 27.4. The molecule has 9 N–H and O–H groups in total. The lowest BCUT2D eigenvalue weighted by Gasteiger charge is -2.32. The number of nitrogens with one attached hydrogen (secondary N) is 7. The van der Waals surface area contributed by atoms with Gasteiger partial charge in [0.15, 0.2) is 5.78 Å². The Bertz CT molecular complexity index is 3120. The molecule has 0 aliphatic carbocycles. The minimum atomic E-state index is -1.39. The number of H-pyrrole nitrogens is 1. The molecular weight excluding hydrogens is 1080 g/mol. The number of halogens is 1. The number of Topliss-reactive ketones (excluding diaryl/α,β-unsaturated/α-hetero) is 1. The Kier molecular flexibility index (Phi) is 19.4. The van der Waals surface area contributed by atoms with Gasteiger partial charge >= 0.3 is 6.09 Å². The molecule has 0 saturated carbocycles. The summed E-state index contributed by atoms with van der Waals surface area (Å²) in [7, 11) is 0. The van der Waals surface area contributed by atoms with Crippen molar-refractivity contribution in [3.63, 3.8) is 0 Å². The lowest BCUT2D eigenvalue weighted by Crippen LogP contribution is -2.59. The molecule has 0 radical (unpaired) electrons. The zero-order valence-corrected chi connectivity index (χ0v) is 46.0. The van der Waals surface area contributed by atoms with Crippen LogP contribution in [0.25, 0.3) is 10.9 Å². The van der Waals surface area contributed by atoms with E-state index in [0.29, 0.717) is 39.9 Å². The summed E-state index contributed by atoms with van der Waals surface area (Å²) in [5, 5.41) is 18.8. The summed E-state index contributed by atoms with van der Waals surface area (Å²) in [6, 6.07) is 33.8. The molecule has 7 atom stereocenters. The standard InChI is InChI=1S/C61H68BrN9O9/c62-45-15-9-12-41(29-45)31-52-60(77)71-36-47(80-61(78)65-27-24-63)34-53(71)58(75)70-55(42-13-5-2-6-14-42)59(76)67-50(32-44-35-66-49-17-8-7-16-48(44)49)54(72)33-43(28-39-22-25-64-26-23-39)56(73)68-51(57(74)69-52)30-38-18-20-46(21-19-38)79-37-40-10-3-1-4-11-40/h1-21,29,35,39,43,47,50-53,55,64,66H,22-28,30-34,36-37,63H2,(H,65,78)(H,67,76)(H,68,73)(H,69,74)(H,70,75)/t43-,47-,50-,51+,52+,53+,55+/m1/s1. The Morgan fingerprint density at radius 3 is 2.12 bits per heavy atom. The number of amides is 6. The van der Waals surface area contributed by atoms with E-state index in [9.17, 15) is 4.79 Å². The number of rotatable bonds is 15. The van der Waals surface area contributed by atoms with Crippen molar-refractivity contribution in [3.8, 4) is 5.75 Å². The number of aromatic amines is 1. The summed E-state index contributed by atoms with van der Waals surface area (Å²) in [4.78, 5) is 109. The molecular formula is C61H68BrN9O9. The van der Waals surface area contributed by atoms with E-state index in [0.717, 1.165) is 48.0 Å². The van der Waals surface area contributed by atoms with Crippen molar-refractivity contribution in [2.75, 3.05) is 32.7 Å². The number of para-hydroxylation sites is 1. The molecule has 9 rings (SSSR count). The highest BCUT2D eigenvalue weighted by atomic mass is 79.9. The normalized spacial score (nSPS) is 22.7. The summed E-state index contributed by atoms with van der Waals surface area (Å²) >= 11 is 3.53. The Balaban J connectivity index is 1.12. The van der Waals surface area contributed by atoms with E-state index >= 15 is 28.8 Å². The lowest BCUT2D eigenvalue weighted by atomic mass is 9.83. The number of benzene rings is 5. The third kappa shape index (κ3) is 15.1. The van der Waals surface area contributed by atoms with Gasteiger partial charge in [0.1, 0.15) is 42.6 Å². The minimum Gasteiger partial charge on any atom is -0.489 e. The van der Waals surface area contributed by atoms with Crippen molar-refractivity contribution in [2.24, 2.45) is 17.6 Å². The van der Waals surface area contributed by atoms with Crippen LogP contribution in [0.2, 0.25) is 0 Å². The van der Waals surface area contributed by atoms with Crippen molar-refractivity contribution in [1.29, 1.82) is 0 Å². The van der Waals surface area contributed by atoms with Gasteiger partial charge < -0.3 is 57.0 Å². The van der Waals surface area contributed by atoms with Crippen LogP contribution in [0.1, 0.15) is 66.0 Å². The van der Waals surface area contributed by atoms with Gasteiger partial charge in [-0.3, -0.25) is 28.8 Å². The van der Waals surface area contributed by atoms with Crippen LogP contribution in [0.4, 0.5) is 4.79 Å². The SMILES string of the molecule is NCCNC(=O)O[C@@H]1C[C@H]2C(=O)N[C@@H](c3ccccc3)C(=O)N[C@H](Cc3c[nH]c4ccccc34)C(=O)C[C@@H](CC3CCNCC3)C(=O)N[C@@H](Cc3ccc(OCc4ccccc4)cc3)C(=O)N[C@@H](Cc3cccc(Br)c3)C(=O)N2C1. The molecule has 4 heterocycles. The Hall–Kier alpha value is -7.87. The summed E-state index contributed by atoms with van der Waals surface area (Å²) in [5.74, 6) is -4.05. The second-order valence-corrected chi connectivity index (χ2v) is 21.8. The number of hydrogen-bond acceptors (Lipinski definition) is 11. The number of nitrogens with two attached hydrogens (primary N) is 1. The van der Waals surface area contributed by atoms with E-state index in [1.807, 2.05) is 78.9 Å². The van der Waals surface area contributed by atoms with Gasteiger partial charge in [-0.15, -0.1) is 0 Å². The van der Waals surface area contributed by atoms with Crippen LogP contribution >= 0.6 is 15.9 Å². The van der Waals surface area contributed by atoms with Gasteiger partial charge in [-0.2, -0.15) is 0 Å². The molecule has 6 amide bonds. The summed E-state index contributed by atoms with van der Waals surface area (Å²) < 4.78 is 12.6. The molecule has 3 aliphatic heterocycles. The van der Waals surface area contributed by atoms with Gasteiger partial charge in [0.25, 0.3) is 0 Å². The molecule has 3 fully saturated rings. The highest BCUT2D eigenvalue weighted by molar-refractivity contribution is 9.10. The van der Waals surface area contributed by atoms with Crippen LogP contribution in [0.15, 0.2) is 144 Å². The quantitative estimate of drug-likeness (QED) is 0.0639. The molecule has 0 bridgehead atoms. The molecule has 1 aromatic heterocycles. The smallest absolute Gasteiger partial charge is 0.407 e. The second kappa shape index (κ2) is 27.3. The first-order chi connectivity index (χ1) is 38.9. The highest BCUT2D eigenvalue weighted by Crippen LogP contribution is 2.29. The average molecular weight is 1150 g/mol. The number of fused-ring (bicyclic) bond motifs is 2. The zero-order chi connectivity index (χ0) is 56.0. The number of nitrogens with zero attached hydrogens (tertiary/aromatic N) is 1. The summed E-state index contributed by atoms with van der Waals surface area (Å²) in [5.41, 5.74) is 9.92. The highest BCUT2D eigenvalue weighted by Gasteiger charge is 2.45. The monoisotopic (exact) mass is 1150 g/mol. The minimum absolute atomic E-state index is 0.0228. The summed E-state index contributed by atoms with van der Waals surface area (Å²) in [6.07, 6.45) is 1.34. The maximum absolute atomic E-state index is 15.5. The van der Waals surface area contributed by atoms with Crippen LogP contribution in [-0.4, -0.2) is 114 Å². The van der Waals surface area contributed by atoms with Crippen molar-refractivity contribution >= 4 is 68.2 Å². The molecule has 0 spiro atoms. The molecule has 3 aliphatic rings. The number of ether oxygens (including phenoxy) is 2. The van der Waals surface area contributed by atoms with Crippen molar-refractivity contribution in [2.45, 2.75) is 94.3 Å². The van der Waals surface area contributed by atoms with E-state index in [-0.39, 0.29) is 57.7 Å². The maximum Gasteiger partial charge on any atom is 0.407 e. The van der Waals surface area contributed by atoms with E-state index in [4.69, 9.17) is 15.2 Å². The zero-order valence-electron chi connectivity index (χ0n) is 44.4. The molecule has 19 heteroatoms. The van der Waals surface area contributed by atoms with Crippen molar-refractivity contribution < 1.29 is 43.0 Å². The third-order valence-corrected chi connectivity index (χ3v) is 15.6. The number of piperidine rings is 1. The first-order valence-corrected chi connectivity index (χ1v) is 28.2. The van der Waals surface area contributed by atoms with Crippen LogP contribution < -0.4 is 42.4 Å². The first kappa shape index (κ1) is 56.8. The molecule has 80 heavy (non-hydrogen) atoms. The maximum atomic E-state index is 15.5.